The Kier molecular flexibility index (Phi) is 10.4. The third kappa shape index (κ3) is 7.58. The normalized spacial score (nSPS) is 14.9. The molecule has 0 rings (SSSR count). The lowest BCUT2D eigenvalue weighted by Crippen LogP contribution is -2.19. The highest BCUT2D eigenvalue weighted by Crippen LogP contribution is 2.35. The second-order valence-corrected chi connectivity index (χ2v) is 7.47. The molecule has 0 spiro atoms. The fraction of sp³-hybridized carbons (Fsp3) is 0.909. The van der Waals surface area contributed by atoms with Crippen LogP contribution in [0.5, 0.6) is 0 Å². The van der Waals surface area contributed by atoms with Gasteiger partial charge in [-0.25, -0.2) is 0 Å². The standard InChI is InChI=1S/C11H22OS3/c1-5-7-10(6-2)11(15-13-4)8-14-9(3)12/h10-11H,5-8H2,1-4H3. The lowest BCUT2D eigenvalue weighted by atomic mass is 9.97. The summed E-state index contributed by atoms with van der Waals surface area (Å²) in [7, 11) is 3.76. The number of thioether (sulfide) groups is 1. The van der Waals surface area contributed by atoms with Crippen LogP contribution in [0.1, 0.15) is 40.0 Å². The van der Waals surface area contributed by atoms with E-state index < -0.39 is 0 Å². The van der Waals surface area contributed by atoms with E-state index in [1.165, 1.54) is 31.0 Å². The van der Waals surface area contributed by atoms with E-state index in [1.54, 1.807) is 6.92 Å². The molecule has 1 nitrogen and oxygen atoms in total. The van der Waals surface area contributed by atoms with Crippen molar-refractivity contribution in [3.63, 3.8) is 0 Å². The van der Waals surface area contributed by atoms with Crippen LogP contribution in [-0.4, -0.2) is 22.4 Å². The second-order valence-electron chi connectivity index (χ2n) is 3.56. The molecule has 0 aromatic carbocycles. The summed E-state index contributed by atoms with van der Waals surface area (Å²) in [6.45, 7) is 6.15. The average Bonchev–Trinajstić information content (AvgIpc) is 2.21. The molecule has 0 N–H and O–H groups in total. The van der Waals surface area contributed by atoms with E-state index in [4.69, 9.17) is 0 Å². The molecule has 0 aliphatic rings. The van der Waals surface area contributed by atoms with E-state index in [-0.39, 0.29) is 5.12 Å². The number of carbonyl (C=O) groups is 1. The van der Waals surface area contributed by atoms with Crippen LogP contribution in [0.3, 0.4) is 0 Å². The van der Waals surface area contributed by atoms with Gasteiger partial charge in [0.05, 0.1) is 0 Å². The van der Waals surface area contributed by atoms with Crippen molar-refractivity contribution in [1.82, 2.24) is 0 Å². The van der Waals surface area contributed by atoms with E-state index in [1.807, 2.05) is 21.6 Å². The van der Waals surface area contributed by atoms with Crippen molar-refractivity contribution in [2.75, 3.05) is 12.0 Å². The minimum atomic E-state index is 0.244. The zero-order chi connectivity index (χ0) is 11.7. The fourth-order valence-electron chi connectivity index (χ4n) is 1.59. The Morgan fingerprint density at radius 3 is 2.40 bits per heavy atom. The molecular weight excluding hydrogens is 244 g/mol. The van der Waals surface area contributed by atoms with Gasteiger partial charge < -0.3 is 0 Å². The van der Waals surface area contributed by atoms with Crippen molar-refractivity contribution < 1.29 is 4.79 Å². The zero-order valence-corrected chi connectivity index (χ0v) is 12.6. The minimum Gasteiger partial charge on any atom is -0.288 e. The Balaban J connectivity index is 4.13. The minimum absolute atomic E-state index is 0.244. The van der Waals surface area contributed by atoms with E-state index in [0.717, 1.165) is 11.7 Å². The second kappa shape index (κ2) is 9.91. The van der Waals surface area contributed by atoms with Gasteiger partial charge >= 0.3 is 0 Å². The quantitative estimate of drug-likeness (QED) is 0.602. The smallest absolute Gasteiger partial charge is 0.185 e. The van der Waals surface area contributed by atoms with Crippen molar-refractivity contribution in [2.24, 2.45) is 5.92 Å². The first-order valence-electron chi connectivity index (χ1n) is 5.48. The van der Waals surface area contributed by atoms with Crippen molar-refractivity contribution in [3.8, 4) is 0 Å². The number of hydrogen-bond donors (Lipinski definition) is 0. The Hall–Kier alpha value is 0.720. The van der Waals surface area contributed by atoms with Crippen molar-refractivity contribution in [2.45, 2.75) is 45.3 Å². The summed E-state index contributed by atoms with van der Waals surface area (Å²) >= 11 is 1.48. The molecule has 0 aliphatic carbocycles. The van der Waals surface area contributed by atoms with Crippen LogP contribution in [0.4, 0.5) is 0 Å². The van der Waals surface area contributed by atoms with Crippen LogP contribution in [0.2, 0.25) is 0 Å². The van der Waals surface area contributed by atoms with E-state index in [0.29, 0.717) is 5.25 Å². The molecule has 0 heterocycles. The monoisotopic (exact) mass is 266 g/mol. The van der Waals surface area contributed by atoms with Gasteiger partial charge in [0, 0.05) is 17.9 Å². The lowest BCUT2D eigenvalue weighted by molar-refractivity contribution is -0.109. The van der Waals surface area contributed by atoms with Gasteiger partial charge in [-0.3, -0.25) is 4.79 Å². The predicted octanol–water partition coefficient (Wildman–Crippen LogP) is 4.47. The molecule has 0 radical (unpaired) electrons. The molecule has 0 saturated carbocycles. The van der Waals surface area contributed by atoms with Crippen molar-refractivity contribution >= 4 is 38.5 Å². The molecule has 2 unspecified atom stereocenters. The first-order valence-corrected chi connectivity index (χ1v) is 9.09. The van der Waals surface area contributed by atoms with Crippen LogP contribution < -0.4 is 0 Å². The van der Waals surface area contributed by atoms with Gasteiger partial charge in [0.25, 0.3) is 0 Å². The topological polar surface area (TPSA) is 17.1 Å². The number of rotatable bonds is 8. The molecule has 2 atom stereocenters. The SMILES string of the molecule is CCCC(CC)C(CSC(C)=O)SSC. The molecular formula is C11H22OS3. The van der Waals surface area contributed by atoms with Gasteiger partial charge in [-0.05, 0) is 18.6 Å². The van der Waals surface area contributed by atoms with Crippen molar-refractivity contribution in [3.05, 3.63) is 0 Å². The van der Waals surface area contributed by atoms with E-state index in [2.05, 4.69) is 20.1 Å². The summed E-state index contributed by atoms with van der Waals surface area (Å²) in [5, 5.41) is 0.868. The number of hydrogen-bond acceptors (Lipinski definition) is 4. The third-order valence-electron chi connectivity index (χ3n) is 2.38. The maximum atomic E-state index is 11.0. The first-order chi connectivity index (χ1) is 7.15. The van der Waals surface area contributed by atoms with Gasteiger partial charge in [0.1, 0.15) is 0 Å². The molecule has 15 heavy (non-hydrogen) atoms. The van der Waals surface area contributed by atoms with Gasteiger partial charge in [0.2, 0.25) is 0 Å². The molecule has 4 heteroatoms. The van der Waals surface area contributed by atoms with Crippen LogP contribution in [0, 0.1) is 5.92 Å². The maximum absolute atomic E-state index is 11.0. The highest BCUT2D eigenvalue weighted by molar-refractivity contribution is 8.76. The molecule has 90 valence electrons. The highest BCUT2D eigenvalue weighted by atomic mass is 33.1. The van der Waals surface area contributed by atoms with E-state index >= 15 is 0 Å². The third-order valence-corrected chi connectivity index (χ3v) is 5.83. The summed E-state index contributed by atoms with van der Waals surface area (Å²) in [5.74, 6) is 1.73. The molecule has 0 aromatic rings. The van der Waals surface area contributed by atoms with E-state index in [9.17, 15) is 4.79 Å². The van der Waals surface area contributed by atoms with Crippen molar-refractivity contribution in [1.29, 1.82) is 0 Å². The Bertz CT molecular complexity index is 173. The average molecular weight is 266 g/mol. The number of carbonyl (C=O) groups excluding carboxylic acids is 1. The first kappa shape index (κ1) is 15.7. The molecule has 0 bridgehead atoms. The van der Waals surface area contributed by atoms with Crippen LogP contribution in [0.25, 0.3) is 0 Å². The van der Waals surface area contributed by atoms with Gasteiger partial charge in [-0.2, -0.15) is 0 Å². The van der Waals surface area contributed by atoms with Gasteiger partial charge in [-0.15, -0.1) is 0 Å². The largest absolute Gasteiger partial charge is 0.288 e. The summed E-state index contributed by atoms with van der Waals surface area (Å²) < 4.78 is 0. The summed E-state index contributed by atoms with van der Waals surface area (Å²) in [5.41, 5.74) is 0. The molecule has 0 saturated heterocycles. The summed E-state index contributed by atoms with van der Waals surface area (Å²) in [6, 6.07) is 0. The van der Waals surface area contributed by atoms with Crippen LogP contribution in [-0.2, 0) is 4.79 Å². The molecule has 0 aromatic heterocycles. The molecule has 0 aliphatic heterocycles. The Morgan fingerprint density at radius 1 is 1.33 bits per heavy atom. The fourth-order valence-corrected chi connectivity index (χ4v) is 5.13. The summed E-state index contributed by atoms with van der Waals surface area (Å²) in [6.07, 6.45) is 5.88. The zero-order valence-electron chi connectivity index (χ0n) is 10.1. The van der Waals surface area contributed by atoms with Crippen LogP contribution in [0.15, 0.2) is 0 Å². The Labute approximate surface area is 106 Å². The highest BCUT2D eigenvalue weighted by Gasteiger charge is 2.20. The Morgan fingerprint density at radius 2 is 2.00 bits per heavy atom. The van der Waals surface area contributed by atoms with Crippen LogP contribution >= 0.6 is 33.3 Å². The van der Waals surface area contributed by atoms with Gasteiger partial charge in [-0.1, -0.05) is 60.0 Å². The maximum Gasteiger partial charge on any atom is 0.185 e. The summed E-state index contributed by atoms with van der Waals surface area (Å²) in [4.78, 5) is 11.0. The molecule has 0 fully saturated rings. The molecule has 0 amide bonds. The lowest BCUT2D eigenvalue weighted by Gasteiger charge is -2.23. The predicted molar refractivity (Wildman–Crippen MR) is 76.7 cm³/mol. The van der Waals surface area contributed by atoms with Gasteiger partial charge in [0.15, 0.2) is 5.12 Å².